The first-order valence-electron chi connectivity index (χ1n) is 6.83. The van der Waals surface area contributed by atoms with Crippen LogP contribution in [0.4, 0.5) is 4.39 Å². The fraction of sp³-hybridized carbons (Fsp3) is 0.600. The molecule has 2 N–H and O–H groups in total. The molecule has 0 aliphatic carbocycles. The monoisotopic (exact) mass is 267 g/mol. The average Bonchev–Trinajstić information content (AvgIpc) is 2.39. The highest BCUT2D eigenvalue weighted by Crippen LogP contribution is 2.30. The fourth-order valence-corrected chi connectivity index (χ4v) is 2.70. The van der Waals surface area contributed by atoms with Crippen LogP contribution in [0, 0.1) is 5.82 Å². The minimum Gasteiger partial charge on any atom is -0.494 e. The standard InChI is InChI=1S/C15H22FNO2/c1-15(18,10-12-5-3-4-8-17-12)11-6-7-14(19-2)13(16)9-11/h6-7,9,12,17-18H,3-5,8,10H2,1-2H3. The third-order valence-corrected chi connectivity index (χ3v) is 3.83. The van der Waals surface area contributed by atoms with Crippen molar-refractivity contribution in [2.24, 2.45) is 0 Å². The summed E-state index contributed by atoms with van der Waals surface area (Å²) in [5.41, 5.74) is -0.430. The maximum atomic E-state index is 13.7. The Morgan fingerprint density at radius 2 is 2.26 bits per heavy atom. The lowest BCUT2D eigenvalue weighted by Gasteiger charge is -2.32. The summed E-state index contributed by atoms with van der Waals surface area (Å²) in [6.45, 7) is 2.74. The molecule has 0 amide bonds. The van der Waals surface area contributed by atoms with E-state index in [0.29, 0.717) is 18.0 Å². The minimum atomic E-state index is -1.03. The van der Waals surface area contributed by atoms with E-state index < -0.39 is 11.4 Å². The van der Waals surface area contributed by atoms with E-state index in [1.807, 2.05) is 0 Å². The van der Waals surface area contributed by atoms with E-state index in [4.69, 9.17) is 4.74 Å². The number of nitrogens with one attached hydrogen (secondary N) is 1. The Morgan fingerprint density at radius 3 is 2.84 bits per heavy atom. The van der Waals surface area contributed by atoms with Crippen LogP contribution in [0.1, 0.15) is 38.2 Å². The van der Waals surface area contributed by atoms with Crippen molar-refractivity contribution in [1.29, 1.82) is 0 Å². The zero-order valence-electron chi connectivity index (χ0n) is 11.6. The second-order valence-electron chi connectivity index (χ2n) is 5.47. The third-order valence-electron chi connectivity index (χ3n) is 3.83. The average molecular weight is 267 g/mol. The molecule has 0 radical (unpaired) electrons. The van der Waals surface area contributed by atoms with Gasteiger partial charge in [-0.2, -0.15) is 0 Å². The van der Waals surface area contributed by atoms with Gasteiger partial charge in [0.15, 0.2) is 11.6 Å². The first-order chi connectivity index (χ1) is 9.03. The second kappa shape index (κ2) is 5.88. The lowest BCUT2D eigenvalue weighted by Crippen LogP contribution is -2.39. The van der Waals surface area contributed by atoms with Crippen LogP contribution in [-0.2, 0) is 5.60 Å². The lowest BCUT2D eigenvalue weighted by molar-refractivity contribution is 0.0328. The SMILES string of the molecule is COc1ccc(C(C)(O)CC2CCCCN2)cc1F. The molecule has 1 aliphatic heterocycles. The zero-order valence-corrected chi connectivity index (χ0v) is 11.6. The molecule has 4 heteroatoms. The summed E-state index contributed by atoms with van der Waals surface area (Å²) in [7, 11) is 1.43. The maximum absolute atomic E-state index is 13.7. The Balaban J connectivity index is 2.11. The Bertz CT molecular complexity index is 428. The molecule has 2 rings (SSSR count). The molecular formula is C15H22FNO2. The predicted molar refractivity (Wildman–Crippen MR) is 72.8 cm³/mol. The Kier molecular flexibility index (Phi) is 4.42. The van der Waals surface area contributed by atoms with Crippen molar-refractivity contribution < 1.29 is 14.2 Å². The van der Waals surface area contributed by atoms with Crippen molar-refractivity contribution in [3.63, 3.8) is 0 Å². The number of aliphatic hydroxyl groups is 1. The number of hydrogen-bond acceptors (Lipinski definition) is 3. The number of hydrogen-bond donors (Lipinski definition) is 2. The summed E-state index contributed by atoms with van der Waals surface area (Å²) in [4.78, 5) is 0. The molecule has 1 aromatic rings. The molecule has 1 saturated heterocycles. The topological polar surface area (TPSA) is 41.5 Å². The first-order valence-corrected chi connectivity index (χ1v) is 6.83. The number of methoxy groups -OCH3 is 1. The largest absolute Gasteiger partial charge is 0.494 e. The molecule has 2 unspecified atom stereocenters. The zero-order chi connectivity index (χ0) is 13.9. The summed E-state index contributed by atoms with van der Waals surface area (Å²) in [5, 5.41) is 14.0. The van der Waals surface area contributed by atoms with Gasteiger partial charge < -0.3 is 15.2 Å². The van der Waals surface area contributed by atoms with E-state index in [0.717, 1.165) is 13.0 Å². The van der Waals surface area contributed by atoms with Crippen LogP contribution in [0.2, 0.25) is 0 Å². The Labute approximate surface area is 113 Å². The number of ether oxygens (including phenoxy) is 1. The van der Waals surface area contributed by atoms with Gasteiger partial charge in [-0.05, 0) is 50.4 Å². The van der Waals surface area contributed by atoms with Crippen LogP contribution < -0.4 is 10.1 Å². The normalized spacial score (nSPS) is 22.8. The molecule has 19 heavy (non-hydrogen) atoms. The van der Waals surface area contributed by atoms with Crippen molar-refractivity contribution in [1.82, 2.24) is 5.32 Å². The van der Waals surface area contributed by atoms with E-state index in [1.165, 1.54) is 26.0 Å². The molecule has 106 valence electrons. The van der Waals surface area contributed by atoms with Gasteiger partial charge in [-0.25, -0.2) is 4.39 Å². The molecule has 0 bridgehead atoms. The number of rotatable bonds is 4. The number of benzene rings is 1. The van der Waals surface area contributed by atoms with Gasteiger partial charge in [0, 0.05) is 6.04 Å². The van der Waals surface area contributed by atoms with E-state index in [1.54, 1.807) is 19.1 Å². The minimum absolute atomic E-state index is 0.204. The van der Waals surface area contributed by atoms with Gasteiger partial charge in [0.05, 0.1) is 12.7 Å². The second-order valence-corrected chi connectivity index (χ2v) is 5.47. The molecule has 1 aromatic carbocycles. The smallest absolute Gasteiger partial charge is 0.165 e. The highest BCUT2D eigenvalue weighted by atomic mass is 19.1. The highest BCUT2D eigenvalue weighted by Gasteiger charge is 2.29. The van der Waals surface area contributed by atoms with Gasteiger partial charge in [-0.3, -0.25) is 0 Å². The highest BCUT2D eigenvalue weighted by molar-refractivity contribution is 5.32. The van der Waals surface area contributed by atoms with Crippen molar-refractivity contribution in [3.8, 4) is 5.75 Å². The molecule has 0 saturated carbocycles. The van der Waals surface area contributed by atoms with Gasteiger partial charge in [0.2, 0.25) is 0 Å². The summed E-state index contributed by atoms with van der Waals surface area (Å²) < 4.78 is 18.6. The van der Waals surface area contributed by atoms with Crippen molar-refractivity contribution in [3.05, 3.63) is 29.6 Å². The van der Waals surface area contributed by atoms with Crippen LogP contribution in [0.15, 0.2) is 18.2 Å². The Morgan fingerprint density at radius 1 is 1.47 bits per heavy atom. The van der Waals surface area contributed by atoms with Gasteiger partial charge in [-0.15, -0.1) is 0 Å². The Hall–Kier alpha value is -1.13. The van der Waals surface area contributed by atoms with Crippen LogP contribution in [0.3, 0.4) is 0 Å². The van der Waals surface area contributed by atoms with E-state index in [9.17, 15) is 9.50 Å². The van der Waals surface area contributed by atoms with Gasteiger partial charge in [0.25, 0.3) is 0 Å². The van der Waals surface area contributed by atoms with E-state index in [-0.39, 0.29) is 5.75 Å². The molecule has 0 aromatic heterocycles. The summed E-state index contributed by atoms with van der Waals surface area (Å²) in [6.07, 6.45) is 4.04. The molecule has 2 atom stereocenters. The van der Waals surface area contributed by atoms with Crippen molar-refractivity contribution in [2.75, 3.05) is 13.7 Å². The van der Waals surface area contributed by atoms with Gasteiger partial charge >= 0.3 is 0 Å². The van der Waals surface area contributed by atoms with Crippen LogP contribution >= 0.6 is 0 Å². The fourth-order valence-electron chi connectivity index (χ4n) is 2.70. The van der Waals surface area contributed by atoms with Gasteiger partial charge in [-0.1, -0.05) is 12.5 Å². The maximum Gasteiger partial charge on any atom is 0.165 e. The van der Waals surface area contributed by atoms with Crippen LogP contribution in [-0.4, -0.2) is 24.8 Å². The van der Waals surface area contributed by atoms with Crippen LogP contribution in [0.5, 0.6) is 5.75 Å². The molecule has 1 aliphatic rings. The third kappa shape index (κ3) is 3.45. The molecule has 3 nitrogen and oxygen atoms in total. The summed E-state index contributed by atoms with van der Waals surface area (Å²) in [5.74, 6) is -0.229. The summed E-state index contributed by atoms with van der Waals surface area (Å²) in [6, 6.07) is 4.95. The number of halogens is 1. The first kappa shape index (κ1) is 14.3. The molecule has 0 spiro atoms. The number of piperidine rings is 1. The molecular weight excluding hydrogens is 245 g/mol. The quantitative estimate of drug-likeness (QED) is 0.881. The van der Waals surface area contributed by atoms with Gasteiger partial charge in [0.1, 0.15) is 0 Å². The van der Waals surface area contributed by atoms with Crippen LogP contribution in [0.25, 0.3) is 0 Å². The summed E-state index contributed by atoms with van der Waals surface area (Å²) >= 11 is 0. The molecule has 1 fully saturated rings. The van der Waals surface area contributed by atoms with E-state index >= 15 is 0 Å². The molecule has 1 heterocycles. The van der Waals surface area contributed by atoms with Crippen molar-refractivity contribution >= 4 is 0 Å². The predicted octanol–water partition coefficient (Wildman–Crippen LogP) is 2.57. The van der Waals surface area contributed by atoms with Crippen molar-refractivity contribution in [2.45, 2.75) is 44.2 Å². The lowest BCUT2D eigenvalue weighted by atomic mass is 9.86. The van der Waals surface area contributed by atoms with E-state index in [2.05, 4.69) is 5.32 Å².